The van der Waals surface area contributed by atoms with E-state index in [0.29, 0.717) is 45.6 Å². The van der Waals surface area contributed by atoms with Crippen LogP contribution in [0.1, 0.15) is 38.2 Å². The summed E-state index contributed by atoms with van der Waals surface area (Å²) in [6.07, 6.45) is 2.58. The van der Waals surface area contributed by atoms with Crippen LogP contribution in [0.3, 0.4) is 0 Å². The molecule has 1 unspecified atom stereocenters. The third-order valence-electron chi connectivity index (χ3n) is 5.74. The molecule has 0 radical (unpaired) electrons. The van der Waals surface area contributed by atoms with Gasteiger partial charge in [0.05, 0.1) is 18.3 Å². The number of carbonyl (C=O) groups excluding carboxylic acids is 2. The number of esters is 1. The van der Waals surface area contributed by atoms with Gasteiger partial charge in [0.25, 0.3) is 0 Å². The molecule has 1 atom stereocenters. The Morgan fingerprint density at radius 3 is 2.38 bits per heavy atom. The van der Waals surface area contributed by atoms with E-state index in [4.69, 9.17) is 4.74 Å². The number of piperidine rings is 2. The maximum absolute atomic E-state index is 12.9. The standard InChI is InChI=1S/C21H30N2O5S/c1-2-28-21(25)19-9-6-12-22(15-19)20(24)18-10-13-23(14-11-18)29(26,27)16-17-7-4-3-5-8-17/h3-5,7-8,18-19H,2,6,9-16H2,1H3. The van der Waals surface area contributed by atoms with Gasteiger partial charge in [-0.05, 0) is 38.2 Å². The smallest absolute Gasteiger partial charge is 0.310 e. The second-order valence-electron chi connectivity index (χ2n) is 7.79. The van der Waals surface area contributed by atoms with E-state index in [-0.39, 0.29) is 29.5 Å². The van der Waals surface area contributed by atoms with Gasteiger partial charge in [0.15, 0.2) is 0 Å². The zero-order valence-electron chi connectivity index (χ0n) is 17.0. The van der Waals surface area contributed by atoms with Crippen LogP contribution in [-0.2, 0) is 30.1 Å². The summed E-state index contributed by atoms with van der Waals surface area (Å²) in [7, 11) is -3.39. The van der Waals surface area contributed by atoms with Crippen LogP contribution in [-0.4, -0.2) is 62.3 Å². The van der Waals surface area contributed by atoms with Crippen molar-refractivity contribution >= 4 is 21.9 Å². The SMILES string of the molecule is CCOC(=O)C1CCCN(C(=O)C2CCN(S(=O)(=O)Cc3ccccc3)CC2)C1. The predicted molar refractivity (Wildman–Crippen MR) is 109 cm³/mol. The van der Waals surface area contributed by atoms with Crippen molar-refractivity contribution in [1.29, 1.82) is 0 Å². The summed E-state index contributed by atoms with van der Waals surface area (Å²) in [4.78, 5) is 26.7. The topological polar surface area (TPSA) is 84.0 Å². The number of hydrogen-bond acceptors (Lipinski definition) is 5. The van der Waals surface area contributed by atoms with Crippen molar-refractivity contribution in [1.82, 2.24) is 9.21 Å². The first-order valence-electron chi connectivity index (χ1n) is 10.4. The van der Waals surface area contributed by atoms with Crippen molar-refractivity contribution in [3.05, 3.63) is 35.9 Å². The van der Waals surface area contributed by atoms with Gasteiger partial charge in [-0.25, -0.2) is 12.7 Å². The molecule has 160 valence electrons. The van der Waals surface area contributed by atoms with Crippen molar-refractivity contribution in [2.45, 2.75) is 38.4 Å². The van der Waals surface area contributed by atoms with Gasteiger partial charge in [-0.15, -0.1) is 0 Å². The highest BCUT2D eigenvalue weighted by atomic mass is 32.2. The largest absolute Gasteiger partial charge is 0.466 e. The van der Waals surface area contributed by atoms with Gasteiger partial charge < -0.3 is 9.64 Å². The minimum Gasteiger partial charge on any atom is -0.466 e. The summed E-state index contributed by atoms with van der Waals surface area (Å²) in [5.41, 5.74) is 0.768. The molecule has 0 saturated carbocycles. The summed E-state index contributed by atoms with van der Waals surface area (Å²) >= 11 is 0. The molecular formula is C21H30N2O5S. The molecule has 0 N–H and O–H groups in total. The Balaban J connectivity index is 1.53. The fourth-order valence-corrected chi connectivity index (χ4v) is 5.71. The van der Waals surface area contributed by atoms with Crippen LogP contribution in [0.4, 0.5) is 0 Å². The van der Waals surface area contributed by atoms with Gasteiger partial charge in [0, 0.05) is 32.1 Å². The lowest BCUT2D eigenvalue weighted by Gasteiger charge is -2.36. The minimum atomic E-state index is -3.39. The van der Waals surface area contributed by atoms with E-state index >= 15 is 0 Å². The zero-order valence-corrected chi connectivity index (χ0v) is 17.8. The molecule has 0 aliphatic carbocycles. The normalized spacial score (nSPS) is 21.7. The molecule has 0 aromatic heterocycles. The van der Waals surface area contributed by atoms with Crippen LogP contribution in [0.25, 0.3) is 0 Å². The van der Waals surface area contributed by atoms with Gasteiger partial charge >= 0.3 is 5.97 Å². The first kappa shape index (κ1) is 21.8. The number of rotatable bonds is 6. The molecule has 2 saturated heterocycles. The lowest BCUT2D eigenvalue weighted by molar-refractivity contribution is -0.152. The number of likely N-dealkylation sites (tertiary alicyclic amines) is 1. The van der Waals surface area contributed by atoms with Crippen LogP contribution < -0.4 is 0 Å². The van der Waals surface area contributed by atoms with Gasteiger partial charge in [0.1, 0.15) is 0 Å². The van der Waals surface area contributed by atoms with Crippen LogP contribution in [0.15, 0.2) is 30.3 Å². The maximum atomic E-state index is 12.9. The number of nitrogens with zero attached hydrogens (tertiary/aromatic N) is 2. The van der Waals surface area contributed by atoms with Crippen molar-refractivity contribution < 1.29 is 22.7 Å². The van der Waals surface area contributed by atoms with E-state index in [0.717, 1.165) is 18.4 Å². The zero-order chi connectivity index (χ0) is 20.9. The van der Waals surface area contributed by atoms with Crippen molar-refractivity contribution in [3.8, 4) is 0 Å². The van der Waals surface area contributed by atoms with Gasteiger partial charge in [-0.1, -0.05) is 30.3 Å². The Morgan fingerprint density at radius 2 is 1.72 bits per heavy atom. The Bertz CT molecular complexity index is 804. The average molecular weight is 423 g/mol. The molecule has 1 aromatic carbocycles. The summed E-state index contributed by atoms with van der Waals surface area (Å²) in [6, 6.07) is 9.14. The lowest BCUT2D eigenvalue weighted by atomic mass is 9.93. The second-order valence-corrected chi connectivity index (χ2v) is 9.76. The van der Waals surface area contributed by atoms with Gasteiger partial charge in [-0.2, -0.15) is 0 Å². The number of benzene rings is 1. The van der Waals surface area contributed by atoms with Gasteiger partial charge in [-0.3, -0.25) is 9.59 Å². The molecule has 3 rings (SSSR count). The summed E-state index contributed by atoms with van der Waals surface area (Å²) in [5, 5.41) is 0. The number of carbonyl (C=O) groups is 2. The van der Waals surface area contributed by atoms with Crippen molar-refractivity contribution in [2.24, 2.45) is 11.8 Å². The van der Waals surface area contributed by atoms with Crippen LogP contribution >= 0.6 is 0 Å². The van der Waals surface area contributed by atoms with Crippen LogP contribution in [0, 0.1) is 11.8 Å². The molecule has 8 heteroatoms. The van der Waals surface area contributed by atoms with E-state index < -0.39 is 10.0 Å². The number of amides is 1. The first-order chi connectivity index (χ1) is 13.9. The van der Waals surface area contributed by atoms with Crippen molar-refractivity contribution in [2.75, 3.05) is 32.8 Å². The van der Waals surface area contributed by atoms with E-state index in [1.54, 1.807) is 11.8 Å². The van der Waals surface area contributed by atoms with E-state index in [1.807, 2.05) is 30.3 Å². The number of ether oxygens (including phenoxy) is 1. The molecule has 7 nitrogen and oxygen atoms in total. The second kappa shape index (κ2) is 9.71. The Hall–Kier alpha value is -1.93. The highest BCUT2D eigenvalue weighted by Gasteiger charge is 2.36. The fourth-order valence-electron chi connectivity index (χ4n) is 4.15. The molecule has 2 fully saturated rings. The predicted octanol–water partition coefficient (Wildman–Crippen LogP) is 2.03. The first-order valence-corrected chi connectivity index (χ1v) is 12.0. The molecule has 0 bridgehead atoms. The maximum Gasteiger partial charge on any atom is 0.310 e. The number of hydrogen-bond donors (Lipinski definition) is 0. The lowest BCUT2D eigenvalue weighted by Crippen LogP contribution is -2.48. The molecule has 29 heavy (non-hydrogen) atoms. The summed E-state index contributed by atoms with van der Waals surface area (Å²) in [6.45, 7) is 3.91. The molecule has 1 amide bonds. The average Bonchev–Trinajstić information content (AvgIpc) is 2.74. The van der Waals surface area contributed by atoms with Crippen molar-refractivity contribution in [3.63, 3.8) is 0 Å². The fraction of sp³-hybridized carbons (Fsp3) is 0.619. The molecule has 2 aliphatic heterocycles. The Kier molecular flexibility index (Phi) is 7.29. The molecular weight excluding hydrogens is 392 g/mol. The highest BCUT2D eigenvalue weighted by Crippen LogP contribution is 2.26. The van der Waals surface area contributed by atoms with E-state index in [1.165, 1.54) is 4.31 Å². The third kappa shape index (κ3) is 5.57. The Morgan fingerprint density at radius 1 is 1.03 bits per heavy atom. The molecule has 2 aliphatic rings. The highest BCUT2D eigenvalue weighted by molar-refractivity contribution is 7.88. The van der Waals surface area contributed by atoms with Gasteiger partial charge in [0.2, 0.25) is 15.9 Å². The number of sulfonamides is 1. The molecule has 1 aromatic rings. The molecule has 2 heterocycles. The van der Waals surface area contributed by atoms with Crippen LogP contribution in [0.2, 0.25) is 0 Å². The summed E-state index contributed by atoms with van der Waals surface area (Å²) < 4.78 is 32.0. The van der Waals surface area contributed by atoms with E-state index in [9.17, 15) is 18.0 Å². The third-order valence-corrected chi connectivity index (χ3v) is 7.59. The molecule has 0 spiro atoms. The van der Waals surface area contributed by atoms with E-state index in [2.05, 4.69) is 0 Å². The van der Waals surface area contributed by atoms with Crippen LogP contribution in [0.5, 0.6) is 0 Å². The minimum absolute atomic E-state index is 0.0141. The Labute approximate surface area is 173 Å². The monoisotopic (exact) mass is 422 g/mol. The summed E-state index contributed by atoms with van der Waals surface area (Å²) in [5.74, 6) is -0.635. The quantitative estimate of drug-likeness (QED) is 0.655.